The van der Waals surface area contributed by atoms with E-state index in [1.807, 2.05) is 48.5 Å². The molecule has 0 bridgehead atoms. The molecule has 0 radical (unpaired) electrons. The largest absolute Gasteiger partial charge is 0.496 e. The quantitative estimate of drug-likeness (QED) is 0.428. The second kappa shape index (κ2) is 7.89. The molecule has 0 amide bonds. The van der Waals surface area contributed by atoms with Crippen LogP contribution in [0.15, 0.2) is 57.8 Å². The molecule has 142 valence electrons. The smallest absolute Gasteiger partial charge is 0.260 e. The number of H-pyrrole nitrogens is 1. The van der Waals surface area contributed by atoms with E-state index >= 15 is 0 Å². The number of hydrogen-bond acceptors (Lipinski definition) is 4. The van der Waals surface area contributed by atoms with E-state index in [0.717, 1.165) is 38.2 Å². The fraction of sp³-hybridized carbons (Fsp3) is 0.182. The van der Waals surface area contributed by atoms with Crippen LogP contribution in [0.25, 0.3) is 21.3 Å². The Morgan fingerprint density at radius 1 is 1.14 bits per heavy atom. The maximum atomic E-state index is 13.0. The SMILES string of the molecule is CCc1sc2nc(Cc3ccccc3OC)[nH]c(=O)c2c1-c1ccc(Br)cc1. The summed E-state index contributed by atoms with van der Waals surface area (Å²) in [6.07, 6.45) is 1.37. The molecule has 4 aromatic rings. The molecule has 0 spiro atoms. The number of nitrogens with zero attached hydrogens (tertiary/aromatic N) is 1. The van der Waals surface area contributed by atoms with Crippen molar-refractivity contribution in [2.45, 2.75) is 19.8 Å². The van der Waals surface area contributed by atoms with Crippen molar-refractivity contribution >= 4 is 37.5 Å². The Morgan fingerprint density at radius 3 is 2.61 bits per heavy atom. The molecule has 0 saturated heterocycles. The molecule has 4 nitrogen and oxygen atoms in total. The van der Waals surface area contributed by atoms with Gasteiger partial charge in [-0.25, -0.2) is 4.98 Å². The zero-order valence-corrected chi connectivity index (χ0v) is 18.0. The monoisotopic (exact) mass is 454 g/mol. The lowest BCUT2D eigenvalue weighted by Crippen LogP contribution is -2.12. The van der Waals surface area contributed by atoms with Crippen LogP contribution in [0.1, 0.15) is 23.2 Å². The van der Waals surface area contributed by atoms with Gasteiger partial charge in [0.2, 0.25) is 0 Å². The highest BCUT2D eigenvalue weighted by molar-refractivity contribution is 9.10. The summed E-state index contributed by atoms with van der Waals surface area (Å²) in [4.78, 5) is 22.7. The molecule has 28 heavy (non-hydrogen) atoms. The minimum absolute atomic E-state index is 0.0937. The van der Waals surface area contributed by atoms with Crippen molar-refractivity contribution in [1.29, 1.82) is 0 Å². The van der Waals surface area contributed by atoms with Crippen LogP contribution in [0.4, 0.5) is 0 Å². The molecule has 2 aromatic carbocycles. The lowest BCUT2D eigenvalue weighted by atomic mass is 10.0. The fourth-order valence-electron chi connectivity index (χ4n) is 3.38. The third-order valence-corrected chi connectivity index (χ3v) is 6.45. The van der Waals surface area contributed by atoms with Gasteiger partial charge in [-0.1, -0.05) is 53.2 Å². The molecule has 0 saturated carbocycles. The standard InChI is InChI=1S/C22H19BrN2O2S/c1-3-17-19(13-8-10-15(23)11-9-13)20-21(26)24-18(25-22(20)28-17)12-14-6-4-5-7-16(14)27-2/h4-11H,3,12H2,1-2H3,(H,24,25,26). The van der Waals surface area contributed by atoms with Gasteiger partial charge in [0, 0.05) is 26.9 Å². The molecule has 0 aliphatic rings. The van der Waals surface area contributed by atoms with Crippen LogP contribution in [0.3, 0.4) is 0 Å². The van der Waals surface area contributed by atoms with Gasteiger partial charge in [-0.15, -0.1) is 11.3 Å². The summed E-state index contributed by atoms with van der Waals surface area (Å²) in [5.74, 6) is 1.44. The molecule has 6 heteroatoms. The minimum atomic E-state index is -0.0937. The molecule has 2 heterocycles. The Morgan fingerprint density at radius 2 is 1.89 bits per heavy atom. The summed E-state index contributed by atoms with van der Waals surface area (Å²) in [5, 5.41) is 0.674. The summed E-state index contributed by atoms with van der Waals surface area (Å²) in [6.45, 7) is 2.11. The van der Waals surface area contributed by atoms with Gasteiger partial charge >= 0.3 is 0 Å². The number of hydrogen-bond donors (Lipinski definition) is 1. The molecule has 1 N–H and O–H groups in total. The van der Waals surface area contributed by atoms with Crippen LogP contribution >= 0.6 is 27.3 Å². The van der Waals surface area contributed by atoms with Crippen molar-refractivity contribution in [3.63, 3.8) is 0 Å². The Bertz CT molecular complexity index is 1200. The first kappa shape index (κ1) is 18.9. The predicted molar refractivity (Wildman–Crippen MR) is 119 cm³/mol. The van der Waals surface area contributed by atoms with Crippen LogP contribution in [-0.2, 0) is 12.8 Å². The number of para-hydroxylation sites is 1. The first-order chi connectivity index (χ1) is 13.6. The van der Waals surface area contributed by atoms with Crippen LogP contribution in [-0.4, -0.2) is 17.1 Å². The Labute approximate surface area is 175 Å². The fourth-order valence-corrected chi connectivity index (χ4v) is 4.80. The van der Waals surface area contributed by atoms with E-state index in [2.05, 4.69) is 27.8 Å². The number of methoxy groups -OCH3 is 1. The molecule has 2 aromatic heterocycles. The lowest BCUT2D eigenvalue weighted by molar-refractivity contribution is 0.410. The highest BCUT2D eigenvalue weighted by atomic mass is 79.9. The number of aryl methyl sites for hydroxylation is 1. The van der Waals surface area contributed by atoms with Crippen molar-refractivity contribution in [2.75, 3.05) is 7.11 Å². The number of aromatic amines is 1. The van der Waals surface area contributed by atoms with E-state index in [9.17, 15) is 4.79 Å². The Hall–Kier alpha value is -2.44. The van der Waals surface area contributed by atoms with E-state index in [1.165, 1.54) is 4.88 Å². The van der Waals surface area contributed by atoms with E-state index in [4.69, 9.17) is 9.72 Å². The molecule has 4 rings (SSSR count). The highest BCUT2D eigenvalue weighted by Gasteiger charge is 2.18. The summed E-state index contributed by atoms with van der Waals surface area (Å²) in [6, 6.07) is 15.9. The summed E-state index contributed by atoms with van der Waals surface area (Å²) in [5.41, 5.74) is 2.93. The molecule has 0 atom stereocenters. The van der Waals surface area contributed by atoms with Gasteiger partial charge in [-0.3, -0.25) is 4.79 Å². The molecule has 0 aliphatic carbocycles. The normalized spacial score (nSPS) is 11.1. The van der Waals surface area contributed by atoms with Gasteiger partial charge in [-0.2, -0.15) is 0 Å². The zero-order chi connectivity index (χ0) is 19.7. The van der Waals surface area contributed by atoms with Gasteiger partial charge < -0.3 is 9.72 Å². The van der Waals surface area contributed by atoms with Crippen LogP contribution < -0.4 is 10.3 Å². The molecular formula is C22H19BrN2O2S. The number of benzene rings is 2. The maximum absolute atomic E-state index is 13.0. The number of fused-ring (bicyclic) bond motifs is 1. The number of thiophene rings is 1. The molecule has 0 fully saturated rings. The third kappa shape index (κ3) is 3.50. The first-order valence-corrected chi connectivity index (χ1v) is 10.6. The van der Waals surface area contributed by atoms with Crippen molar-refractivity contribution in [3.8, 4) is 16.9 Å². The van der Waals surface area contributed by atoms with Crippen molar-refractivity contribution < 1.29 is 4.74 Å². The number of aromatic nitrogens is 2. The van der Waals surface area contributed by atoms with E-state index < -0.39 is 0 Å². The van der Waals surface area contributed by atoms with Crippen molar-refractivity contribution in [2.24, 2.45) is 0 Å². The van der Waals surface area contributed by atoms with E-state index in [-0.39, 0.29) is 5.56 Å². The lowest BCUT2D eigenvalue weighted by Gasteiger charge is -2.08. The van der Waals surface area contributed by atoms with Crippen molar-refractivity contribution in [3.05, 3.63) is 79.6 Å². The Balaban J connectivity index is 1.84. The predicted octanol–water partition coefficient (Wildman–Crippen LogP) is 5.58. The first-order valence-electron chi connectivity index (χ1n) is 9.03. The zero-order valence-electron chi connectivity index (χ0n) is 15.6. The second-order valence-corrected chi connectivity index (χ2v) is 8.44. The van der Waals surface area contributed by atoms with Gasteiger partial charge in [0.1, 0.15) is 16.4 Å². The van der Waals surface area contributed by atoms with Crippen LogP contribution in [0.5, 0.6) is 5.75 Å². The third-order valence-electron chi connectivity index (χ3n) is 4.69. The molecule has 0 aliphatic heterocycles. The van der Waals surface area contributed by atoms with Gasteiger partial charge in [0.05, 0.1) is 12.5 Å². The number of nitrogens with one attached hydrogen (secondary N) is 1. The maximum Gasteiger partial charge on any atom is 0.260 e. The topological polar surface area (TPSA) is 55.0 Å². The van der Waals surface area contributed by atoms with Crippen LogP contribution in [0, 0.1) is 0 Å². The average molecular weight is 455 g/mol. The molecular weight excluding hydrogens is 436 g/mol. The van der Waals surface area contributed by atoms with Crippen LogP contribution in [0.2, 0.25) is 0 Å². The van der Waals surface area contributed by atoms with E-state index in [0.29, 0.717) is 17.6 Å². The minimum Gasteiger partial charge on any atom is -0.496 e. The number of ether oxygens (including phenoxy) is 1. The summed E-state index contributed by atoms with van der Waals surface area (Å²) < 4.78 is 6.44. The van der Waals surface area contributed by atoms with Crippen molar-refractivity contribution in [1.82, 2.24) is 9.97 Å². The summed E-state index contributed by atoms with van der Waals surface area (Å²) >= 11 is 5.07. The molecule has 0 unspecified atom stereocenters. The van der Waals surface area contributed by atoms with Gasteiger partial charge in [0.15, 0.2) is 0 Å². The summed E-state index contributed by atoms with van der Waals surface area (Å²) in [7, 11) is 1.65. The second-order valence-electron chi connectivity index (χ2n) is 6.44. The average Bonchev–Trinajstić information content (AvgIpc) is 3.08. The van der Waals surface area contributed by atoms with Gasteiger partial charge in [-0.05, 0) is 30.2 Å². The number of halogens is 1. The number of rotatable bonds is 5. The highest BCUT2D eigenvalue weighted by Crippen LogP contribution is 2.37. The van der Waals surface area contributed by atoms with Gasteiger partial charge in [0.25, 0.3) is 5.56 Å². The Kier molecular flexibility index (Phi) is 5.33. The van der Waals surface area contributed by atoms with E-state index in [1.54, 1.807) is 18.4 Å².